The maximum Gasteiger partial charge on any atom is 0.333 e. The van der Waals surface area contributed by atoms with Crippen molar-refractivity contribution in [2.75, 3.05) is 18.5 Å². The summed E-state index contributed by atoms with van der Waals surface area (Å²) in [5, 5.41) is 26.3. The van der Waals surface area contributed by atoms with Gasteiger partial charge >= 0.3 is 5.97 Å². The first kappa shape index (κ1) is 27.2. The standard InChI is InChI=1S/C31H36N2O5/c1-4-37-28(30(34)35)18-21-10-13-25(14-11-21)38-17-16-24-20-31(2,3)26-19-23(12-15-27(26)32-24)29(33-36)22-8-6-5-7-9-22/h5-15,19,24,28,32,36H,4,16-18,20H2,1-3H3,(H,34,35). The van der Waals surface area contributed by atoms with E-state index < -0.39 is 12.1 Å². The fourth-order valence-electron chi connectivity index (χ4n) is 5.10. The predicted octanol–water partition coefficient (Wildman–Crippen LogP) is 5.88. The summed E-state index contributed by atoms with van der Waals surface area (Å²) in [6.45, 7) is 7.20. The summed E-state index contributed by atoms with van der Waals surface area (Å²) in [6, 6.07) is 23.7. The van der Waals surface area contributed by atoms with Crippen LogP contribution in [0.1, 0.15) is 55.9 Å². The van der Waals surface area contributed by atoms with Crippen molar-refractivity contribution in [1.82, 2.24) is 0 Å². The van der Waals surface area contributed by atoms with Crippen molar-refractivity contribution in [3.8, 4) is 5.75 Å². The molecule has 2 atom stereocenters. The van der Waals surface area contributed by atoms with E-state index in [4.69, 9.17) is 9.47 Å². The Kier molecular flexibility index (Phi) is 8.69. The average Bonchev–Trinajstić information content (AvgIpc) is 2.90. The van der Waals surface area contributed by atoms with Crippen molar-refractivity contribution >= 4 is 17.4 Å². The Morgan fingerprint density at radius 1 is 1.08 bits per heavy atom. The van der Waals surface area contributed by atoms with Gasteiger partial charge in [-0.3, -0.25) is 0 Å². The van der Waals surface area contributed by atoms with Gasteiger partial charge in [0.2, 0.25) is 0 Å². The lowest BCUT2D eigenvalue weighted by Gasteiger charge is -2.39. The van der Waals surface area contributed by atoms with E-state index in [1.165, 1.54) is 5.56 Å². The van der Waals surface area contributed by atoms with Crippen LogP contribution in [0.2, 0.25) is 0 Å². The van der Waals surface area contributed by atoms with Crippen LogP contribution in [0.15, 0.2) is 78.0 Å². The minimum Gasteiger partial charge on any atom is -0.494 e. The number of nitrogens with zero attached hydrogens (tertiary/aromatic N) is 1. The van der Waals surface area contributed by atoms with Crippen molar-refractivity contribution in [3.63, 3.8) is 0 Å². The van der Waals surface area contributed by atoms with E-state index in [9.17, 15) is 15.1 Å². The molecule has 0 fully saturated rings. The Balaban J connectivity index is 1.36. The van der Waals surface area contributed by atoms with Gasteiger partial charge in [-0.05, 0) is 54.2 Å². The van der Waals surface area contributed by atoms with Crippen LogP contribution in [0.5, 0.6) is 5.75 Å². The lowest BCUT2D eigenvalue weighted by Crippen LogP contribution is -2.37. The smallest absolute Gasteiger partial charge is 0.333 e. The van der Waals surface area contributed by atoms with Crippen molar-refractivity contribution < 1.29 is 24.6 Å². The average molecular weight is 517 g/mol. The molecule has 0 aliphatic carbocycles. The maximum absolute atomic E-state index is 11.3. The number of ether oxygens (including phenoxy) is 2. The largest absolute Gasteiger partial charge is 0.494 e. The number of rotatable bonds is 11. The molecule has 0 aromatic heterocycles. The lowest BCUT2D eigenvalue weighted by atomic mass is 9.74. The molecule has 3 aromatic carbocycles. The van der Waals surface area contributed by atoms with Gasteiger partial charge < -0.3 is 25.1 Å². The lowest BCUT2D eigenvalue weighted by molar-refractivity contribution is -0.149. The van der Waals surface area contributed by atoms with E-state index in [1.807, 2.05) is 60.7 Å². The highest BCUT2D eigenvalue weighted by molar-refractivity contribution is 6.12. The van der Waals surface area contributed by atoms with Crippen molar-refractivity contribution in [1.29, 1.82) is 0 Å². The number of fused-ring (bicyclic) bond motifs is 1. The molecule has 0 radical (unpaired) electrons. The van der Waals surface area contributed by atoms with E-state index in [-0.39, 0.29) is 11.5 Å². The van der Waals surface area contributed by atoms with E-state index in [2.05, 4.69) is 36.5 Å². The first-order valence-corrected chi connectivity index (χ1v) is 13.1. The van der Waals surface area contributed by atoms with Crippen LogP contribution in [0.4, 0.5) is 5.69 Å². The molecule has 1 heterocycles. The van der Waals surface area contributed by atoms with Crippen molar-refractivity contribution in [3.05, 3.63) is 95.1 Å². The summed E-state index contributed by atoms with van der Waals surface area (Å²) in [4.78, 5) is 11.3. The number of carbonyl (C=O) groups is 1. The quantitative estimate of drug-likeness (QED) is 0.167. The molecule has 7 nitrogen and oxygen atoms in total. The van der Waals surface area contributed by atoms with Gasteiger partial charge in [0.1, 0.15) is 11.5 Å². The van der Waals surface area contributed by atoms with Crippen molar-refractivity contribution in [2.45, 2.75) is 57.6 Å². The molecule has 2 unspecified atom stereocenters. The third kappa shape index (κ3) is 6.53. The molecule has 0 bridgehead atoms. The Labute approximate surface area is 224 Å². The fourth-order valence-corrected chi connectivity index (χ4v) is 5.10. The van der Waals surface area contributed by atoms with E-state index in [0.717, 1.165) is 41.0 Å². The molecule has 0 saturated heterocycles. The fraction of sp³-hybridized carbons (Fsp3) is 0.355. The number of hydrogen-bond acceptors (Lipinski definition) is 6. The highest BCUT2D eigenvalue weighted by Gasteiger charge is 2.33. The van der Waals surface area contributed by atoms with Gasteiger partial charge in [0.25, 0.3) is 0 Å². The van der Waals surface area contributed by atoms with Crippen LogP contribution in [0, 0.1) is 0 Å². The zero-order valence-electron chi connectivity index (χ0n) is 22.2. The van der Waals surface area contributed by atoms with Gasteiger partial charge in [0.05, 0.1) is 6.61 Å². The molecular formula is C31H36N2O5. The second kappa shape index (κ2) is 12.1. The van der Waals surface area contributed by atoms with Gasteiger partial charge in [-0.1, -0.05) is 67.5 Å². The van der Waals surface area contributed by atoms with Crippen LogP contribution in [0.3, 0.4) is 0 Å². The molecule has 3 N–H and O–H groups in total. The molecule has 3 aromatic rings. The molecule has 1 aliphatic rings. The Morgan fingerprint density at radius 2 is 1.82 bits per heavy atom. The van der Waals surface area contributed by atoms with Gasteiger partial charge in [0.15, 0.2) is 6.10 Å². The van der Waals surface area contributed by atoms with Crippen LogP contribution in [-0.4, -0.2) is 47.4 Å². The second-order valence-electron chi connectivity index (χ2n) is 10.3. The molecular weight excluding hydrogens is 480 g/mol. The maximum atomic E-state index is 11.3. The first-order valence-electron chi connectivity index (χ1n) is 13.1. The van der Waals surface area contributed by atoms with Gasteiger partial charge in [-0.2, -0.15) is 0 Å². The van der Waals surface area contributed by atoms with Gasteiger partial charge in [0, 0.05) is 42.3 Å². The topological polar surface area (TPSA) is 100 Å². The summed E-state index contributed by atoms with van der Waals surface area (Å²) in [7, 11) is 0. The molecule has 0 saturated carbocycles. The predicted molar refractivity (Wildman–Crippen MR) is 149 cm³/mol. The molecule has 7 heteroatoms. The van der Waals surface area contributed by atoms with Crippen molar-refractivity contribution in [2.24, 2.45) is 5.16 Å². The Morgan fingerprint density at radius 3 is 2.47 bits per heavy atom. The third-order valence-corrected chi connectivity index (χ3v) is 7.01. The zero-order valence-corrected chi connectivity index (χ0v) is 22.2. The number of oxime groups is 1. The van der Waals surface area contributed by atoms with E-state index in [0.29, 0.717) is 25.3 Å². The highest BCUT2D eigenvalue weighted by Crippen LogP contribution is 2.40. The summed E-state index contributed by atoms with van der Waals surface area (Å²) >= 11 is 0. The highest BCUT2D eigenvalue weighted by atomic mass is 16.5. The van der Waals surface area contributed by atoms with Gasteiger partial charge in [-0.15, -0.1) is 0 Å². The summed E-state index contributed by atoms with van der Waals surface area (Å²) < 4.78 is 11.3. The van der Waals surface area contributed by atoms with Crippen LogP contribution in [0.25, 0.3) is 0 Å². The molecule has 0 spiro atoms. The summed E-state index contributed by atoms with van der Waals surface area (Å²) in [5.74, 6) is -0.195. The number of carboxylic acid groups (broad SMARTS) is 1. The number of carboxylic acids is 1. The Hall–Kier alpha value is -3.84. The summed E-state index contributed by atoms with van der Waals surface area (Å²) in [5.41, 5.74) is 5.43. The number of anilines is 1. The zero-order chi connectivity index (χ0) is 27.1. The molecule has 1 aliphatic heterocycles. The van der Waals surface area contributed by atoms with E-state index in [1.54, 1.807) is 6.92 Å². The second-order valence-corrected chi connectivity index (χ2v) is 10.3. The normalized spacial score (nSPS) is 17.2. The van der Waals surface area contributed by atoms with Crippen LogP contribution in [-0.2, 0) is 21.4 Å². The molecule has 0 amide bonds. The number of aliphatic carboxylic acids is 1. The van der Waals surface area contributed by atoms with Crippen LogP contribution < -0.4 is 10.1 Å². The molecule has 38 heavy (non-hydrogen) atoms. The monoisotopic (exact) mass is 516 g/mol. The molecule has 4 rings (SSSR count). The Bertz CT molecular complexity index is 1260. The third-order valence-electron chi connectivity index (χ3n) is 7.01. The van der Waals surface area contributed by atoms with Crippen LogP contribution >= 0.6 is 0 Å². The summed E-state index contributed by atoms with van der Waals surface area (Å²) in [6.07, 6.45) is 1.26. The SMILES string of the molecule is CCOC(Cc1ccc(OCCC2CC(C)(C)c3cc(C(=NO)c4ccccc4)ccc3N2)cc1)C(=O)O. The minimum atomic E-state index is -0.953. The van der Waals surface area contributed by atoms with Gasteiger partial charge in [-0.25, -0.2) is 4.79 Å². The number of hydrogen-bond donors (Lipinski definition) is 3. The number of benzene rings is 3. The van der Waals surface area contributed by atoms with E-state index >= 15 is 0 Å². The molecule has 200 valence electrons. The minimum absolute atomic E-state index is 0.0681. The number of nitrogens with one attached hydrogen (secondary N) is 1. The first-order chi connectivity index (χ1) is 18.3.